The van der Waals surface area contributed by atoms with Gasteiger partial charge in [0.1, 0.15) is 0 Å². The zero-order valence-electron chi connectivity index (χ0n) is 7.80. The van der Waals surface area contributed by atoms with Crippen LogP contribution in [0, 0.1) is 11.9 Å². The largest absolute Gasteiger partial charge is 0.459 e. The van der Waals surface area contributed by atoms with Crippen LogP contribution in [-0.2, 0) is 0 Å². The molecule has 0 saturated carbocycles. The summed E-state index contributed by atoms with van der Waals surface area (Å²) in [6.45, 7) is 3.82. The second kappa shape index (κ2) is 4.65. The van der Waals surface area contributed by atoms with Gasteiger partial charge in [-0.1, -0.05) is 19.1 Å². The average molecular weight is 179 g/mol. The van der Waals surface area contributed by atoms with Crippen LogP contribution in [-0.4, -0.2) is 0 Å². The third-order valence-corrected chi connectivity index (χ3v) is 1.68. The number of benzene rings is 1. The van der Waals surface area contributed by atoms with Crippen molar-refractivity contribution in [3.63, 3.8) is 0 Å². The van der Waals surface area contributed by atoms with Gasteiger partial charge in [-0.15, -0.1) is 0 Å². The molecule has 0 atom stereocenters. The van der Waals surface area contributed by atoms with Crippen molar-refractivity contribution in [2.24, 2.45) is 0 Å². The summed E-state index contributed by atoms with van der Waals surface area (Å²) in [5.74, 6) is 0.547. The Hall–Kier alpha value is -1.31. The third-order valence-electron chi connectivity index (χ3n) is 1.68. The Balaban J connectivity index is 2.80. The van der Waals surface area contributed by atoms with E-state index in [2.05, 4.69) is 6.07 Å². The first-order valence-corrected chi connectivity index (χ1v) is 4.27. The summed E-state index contributed by atoms with van der Waals surface area (Å²) < 4.78 is 18.3. The molecule has 1 nitrogen and oxygen atoms in total. The Bertz CT molecular complexity index is 305. The molecule has 1 aromatic carbocycles. The number of hydrogen-bond donors (Lipinski definition) is 0. The van der Waals surface area contributed by atoms with Crippen molar-refractivity contribution in [3.05, 3.63) is 41.9 Å². The first-order valence-electron chi connectivity index (χ1n) is 4.27. The molecule has 0 amide bonds. The Kier molecular flexibility index (Phi) is 3.50. The van der Waals surface area contributed by atoms with E-state index in [-0.39, 0.29) is 5.75 Å². The van der Waals surface area contributed by atoms with Crippen LogP contribution in [0.3, 0.4) is 0 Å². The molecule has 1 aromatic rings. The number of rotatable bonds is 3. The van der Waals surface area contributed by atoms with Gasteiger partial charge >= 0.3 is 0 Å². The van der Waals surface area contributed by atoms with Crippen LogP contribution in [0.5, 0.6) is 5.75 Å². The third kappa shape index (κ3) is 2.58. The minimum absolute atomic E-state index is 0.234. The monoisotopic (exact) mass is 179 g/mol. The van der Waals surface area contributed by atoms with Crippen molar-refractivity contribution in [2.75, 3.05) is 0 Å². The van der Waals surface area contributed by atoms with E-state index >= 15 is 0 Å². The highest BCUT2D eigenvalue weighted by Crippen LogP contribution is 2.18. The van der Waals surface area contributed by atoms with E-state index in [1.807, 2.05) is 19.9 Å². The summed E-state index contributed by atoms with van der Waals surface area (Å²) in [6.07, 6.45) is 2.58. The van der Waals surface area contributed by atoms with Gasteiger partial charge in [0.25, 0.3) is 0 Å². The zero-order chi connectivity index (χ0) is 9.68. The summed E-state index contributed by atoms with van der Waals surface area (Å²) >= 11 is 0. The van der Waals surface area contributed by atoms with Crippen LogP contribution < -0.4 is 4.74 Å². The second-order valence-corrected chi connectivity index (χ2v) is 2.56. The van der Waals surface area contributed by atoms with Crippen LogP contribution in [0.25, 0.3) is 0 Å². The van der Waals surface area contributed by atoms with Crippen LogP contribution in [0.2, 0.25) is 0 Å². The molecule has 0 bridgehead atoms. The summed E-state index contributed by atoms with van der Waals surface area (Å²) in [7, 11) is 0. The normalized spacial score (nSPS) is 11.5. The Morgan fingerprint density at radius 2 is 2.46 bits per heavy atom. The highest BCUT2D eigenvalue weighted by Gasteiger charge is 2.03. The lowest BCUT2D eigenvalue weighted by molar-refractivity contribution is 0.382. The second-order valence-electron chi connectivity index (χ2n) is 2.56. The van der Waals surface area contributed by atoms with Crippen molar-refractivity contribution < 1.29 is 9.13 Å². The number of allylic oxidation sites excluding steroid dienone is 2. The molecule has 0 N–H and O–H groups in total. The summed E-state index contributed by atoms with van der Waals surface area (Å²) in [5.41, 5.74) is 0. The quantitative estimate of drug-likeness (QED) is 0.647. The number of hydrogen-bond acceptors (Lipinski definition) is 1. The van der Waals surface area contributed by atoms with Crippen molar-refractivity contribution in [2.45, 2.75) is 20.3 Å². The average Bonchev–Trinajstić information content (AvgIpc) is 2.17. The fourth-order valence-corrected chi connectivity index (χ4v) is 0.956. The molecule has 0 unspecified atom stereocenters. The Labute approximate surface area is 77.8 Å². The number of halogens is 1. The van der Waals surface area contributed by atoms with Crippen molar-refractivity contribution >= 4 is 0 Å². The predicted molar refractivity (Wildman–Crippen MR) is 49.9 cm³/mol. The van der Waals surface area contributed by atoms with Crippen molar-refractivity contribution in [1.29, 1.82) is 0 Å². The Morgan fingerprint density at radius 1 is 1.69 bits per heavy atom. The molecule has 69 valence electrons. The molecule has 13 heavy (non-hydrogen) atoms. The molecule has 0 spiro atoms. The van der Waals surface area contributed by atoms with Gasteiger partial charge in [0, 0.05) is 12.5 Å². The van der Waals surface area contributed by atoms with Crippen LogP contribution in [0.15, 0.2) is 30.0 Å². The van der Waals surface area contributed by atoms with Gasteiger partial charge in [0.05, 0.1) is 5.76 Å². The van der Waals surface area contributed by atoms with Crippen LogP contribution >= 0.6 is 0 Å². The van der Waals surface area contributed by atoms with Crippen molar-refractivity contribution in [1.82, 2.24) is 0 Å². The molecule has 0 aliphatic heterocycles. The topological polar surface area (TPSA) is 9.23 Å². The molecule has 0 fully saturated rings. The smallest absolute Gasteiger partial charge is 0.173 e. The molecular formula is C11H12FO. The lowest BCUT2D eigenvalue weighted by atomic mass is 10.3. The van der Waals surface area contributed by atoms with E-state index in [1.165, 1.54) is 6.07 Å². The lowest BCUT2D eigenvalue weighted by Gasteiger charge is -2.07. The fourth-order valence-electron chi connectivity index (χ4n) is 0.956. The Morgan fingerprint density at radius 3 is 3.00 bits per heavy atom. The molecular weight excluding hydrogens is 167 g/mol. The van der Waals surface area contributed by atoms with Crippen LogP contribution in [0.4, 0.5) is 4.39 Å². The van der Waals surface area contributed by atoms with E-state index in [0.29, 0.717) is 0 Å². The maximum atomic E-state index is 13.0. The van der Waals surface area contributed by atoms with Gasteiger partial charge in [-0.2, -0.15) is 0 Å². The fraction of sp³-hybridized carbons (Fsp3) is 0.273. The van der Waals surface area contributed by atoms with Crippen LogP contribution in [0.1, 0.15) is 20.3 Å². The van der Waals surface area contributed by atoms with Gasteiger partial charge in [0.15, 0.2) is 11.6 Å². The minimum atomic E-state index is -0.449. The highest BCUT2D eigenvalue weighted by atomic mass is 19.1. The first-order chi connectivity index (χ1) is 6.27. The molecule has 0 aliphatic carbocycles. The van der Waals surface area contributed by atoms with E-state index in [0.717, 1.165) is 12.2 Å². The maximum absolute atomic E-state index is 13.0. The van der Waals surface area contributed by atoms with E-state index in [1.54, 1.807) is 12.1 Å². The number of ether oxygens (including phenoxy) is 1. The molecule has 0 aromatic heterocycles. The van der Waals surface area contributed by atoms with Gasteiger partial charge in [-0.3, -0.25) is 0 Å². The minimum Gasteiger partial charge on any atom is -0.459 e. The lowest BCUT2D eigenvalue weighted by Crippen LogP contribution is -1.95. The summed E-state index contributed by atoms with van der Waals surface area (Å²) in [5, 5.41) is 0. The molecule has 2 heteroatoms. The molecule has 0 aliphatic rings. The van der Waals surface area contributed by atoms with E-state index < -0.39 is 5.82 Å². The molecule has 0 heterocycles. The summed E-state index contributed by atoms with van der Waals surface area (Å²) in [6, 6.07) is 7.24. The SMILES string of the molecule is CC=C(CC)Oc1ccc[c]c1F. The molecule has 1 radical (unpaired) electrons. The van der Waals surface area contributed by atoms with Gasteiger partial charge in [-0.05, 0) is 19.1 Å². The van der Waals surface area contributed by atoms with Crippen molar-refractivity contribution in [3.8, 4) is 5.75 Å². The molecule has 1 rings (SSSR count). The van der Waals surface area contributed by atoms with Gasteiger partial charge in [0.2, 0.25) is 0 Å². The standard InChI is InChI=1S/C11H12FO/c1-3-9(4-2)13-11-8-6-5-7-10(11)12/h3,5-6,8H,4H2,1-2H3. The maximum Gasteiger partial charge on any atom is 0.173 e. The first kappa shape index (κ1) is 9.78. The van der Waals surface area contributed by atoms with E-state index in [9.17, 15) is 4.39 Å². The molecule has 0 saturated heterocycles. The highest BCUT2D eigenvalue weighted by molar-refractivity contribution is 5.24. The summed E-state index contributed by atoms with van der Waals surface area (Å²) in [4.78, 5) is 0. The van der Waals surface area contributed by atoms with Gasteiger partial charge < -0.3 is 4.74 Å². The zero-order valence-corrected chi connectivity index (χ0v) is 7.80. The van der Waals surface area contributed by atoms with Gasteiger partial charge in [-0.25, -0.2) is 4.39 Å². The predicted octanol–water partition coefficient (Wildman–Crippen LogP) is 3.32. The van der Waals surface area contributed by atoms with E-state index in [4.69, 9.17) is 4.74 Å².